The molecule has 0 aromatic heterocycles. The lowest BCUT2D eigenvalue weighted by Gasteiger charge is -2.21. The zero-order valence-corrected chi connectivity index (χ0v) is 18.9. The predicted octanol–water partition coefficient (Wildman–Crippen LogP) is 4.38. The molecule has 0 radical (unpaired) electrons. The van der Waals surface area contributed by atoms with E-state index in [1.54, 1.807) is 48.5 Å². The molecule has 6 nitrogen and oxygen atoms in total. The molecule has 0 aliphatic carbocycles. The molecule has 2 aromatic rings. The second kappa shape index (κ2) is 10.2. The van der Waals surface area contributed by atoms with E-state index in [0.717, 1.165) is 0 Å². The van der Waals surface area contributed by atoms with Crippen LogP contribution < -0.4 is 20.7 Å². The lowest BCUT2D eigenvalue weighted by Crippen LogP contribution is -2.41. The van der Waals surface area contributed by atoms with E-state index < -0.39 is 0 Å². The summed E-state index contributed by atoms with van der Waals surface area (Å²) in [4.78, 5) is 25.0. The Kier molecular flexibility index (Phi) is 7.94. The van der Waals surface area contributed by atoms with E-state index in [1.165, 1.54) is 0 Å². The number of ether oxygens (including phenoxy) is 1. The highest BCUT2D eigenvalue weighted by Crippen LogP contribution is 2.17. The van der Waals surface area contributed by atoms with Crippen LogP contribution in [-0.4, -0.2) is 29.1 Å². The maximum Gasteiger partial charge on any atom is 0.257 e. The van der Waals surface area contributed by atoms with Gasteiger partial charge in [0, 0.05) is 11.1 Å². The Balaban J connectivity index is 2.01. The number of thiocarbonyl (C=S) groups is 1. The number of carbonyl (C=O) groups excluding carboxylic acids is 2. The van der Waals surface area contributed by atoms with Gasteiger partial charge in [-0.1, -0.05) is 26.0 Å². The number of benzene rings is 2. The number of anilines is 1. The molecule has 2 rings (SSSR count). The van der Waals surface area contributed by atoms with Crippen LogP contribution in [0.25, 0.3) is 0 Å². The van der Waals surface area contributed by atoms with Gasteiger partial charge in [-0.2, -0.15) is 0 Å². The van der Waals surface area contributed by atoms with Crippen LogP contribution in [0.3, 0.4) is 0 Å². The van der Waals surface area contributed by atoms with Gasteiger partial charge in [-0.3, -0.25) is 14.9 Å². The van der Waals surface area contributed by atoms with Crippen LogP contribution in [-0.2, 0) is 0 Å². The molecule has 30 heavy (non-hydrogen) atoms. The maximum atomic E-state index is 12.5. The minimum absolute atomic E-state index is 0.108. The molecule has 160 valence electrons. The first kappa shape index (κ1) is 23.3. The van der Waals surface area contributed by atoms with Crippen molar-refractivity contribution in [3.05, 3.63) is 59.7 Å². The number of para-hydroxylation sites is 1. The molecule has 3 N–H and O–H groups in total. The minimum atomic E-state index is -0.371. The van der Waals surface area contributed by atoms with Crippen molar-refractivity contribution in [1.82, 2.24) is 10.6 Å². The summed E-state index contributed by atoms with van der Waals surface area (Å²) < 4.78 is 5.62. The zero-order valence-electron chi connectivity index (χ0n) is 18.0. The van der Waals surface area contributed by atoms with Crippen LogP contribution >= 0.6 is 12.2 Å². The monoisotopic (exact) mass is 427 g/mol. The zero-order chi connectivity index (χ0) is 22.3. The van der Waals surface area contributed by atoms with E-state index in [9.17, 15) is 9.59 Å². The Bertz CT molecular complexity index is 903. The first-order chi connectivity index (χ1) is 14.0. The first-order valence-corrected chi connectivity index (χ1v) is 10.2. The van der Waals surface area contributed by atoms with Gasteiger partial charge in [-0.05, 0) is 75.3 Å². The Morgan fingerprint density at radius 1 is 1.00 bits per heavy atom. The van der Waals surface area contributed by atoms with Gasteiger partial charge in [0.1, 0.15) is 5.75 Å². The van der Waals surface area contributed by atoms with Gasteiger partial charge >= 0.3 is 0 Å². The number of amides is 2. The molecule has 0 aliphatic heterocycles. The normalized spacial score (nSPS) is 11.0. The van der Waals surface area contributed by atoms with E-state index >= 15 is 0 Å². The molecular formula is C23H29N3O3S. The van der Waals surface area contributed by atoms with Gasteiger partial charge in [-0.15, -0.1) is 0 Å². The van der Waals surface area contributed by atoms with E-state index in [0.29, 0.717) is 35.1 Å². The average Bonchev–Trinajstić information content (AvgIpc) is 2.65. The number of hydrogen-bond donors (Lipinski definition) is 3. The molecule has 0 saturated heterocycles. The van der Waals surface area contributed by atoms with Crippen molar-refractivity contribution >= 4 is 34.8 Å². The highest BCUT2D eigenvalue weighted by Gasteiger charge is 2.18. The molecule has 0 atom stereocenters. The molecule has 0 aliphatic rings. The fraction of sp³-hybridized carbons (Fsp3) is 0.348. The van der Waals surface area contributed by atoms with Crippen molar-refractivity contribution in [1.29, 1.82) is 0 Å². The van der Waals surface area contributed by atoms with Gasteiger partial charge < -0.3 is 15.4 Å². The van der Waals surface area contributed by atoms with Crippen LogP contribution in [0.5, 0.6) is 5.75 Å². The SMILES string of the molecule is CC(C)COc1ccc(C(=O)NC(=S)Nc2ccccc2C(=O)NC(C)(C)C)cc1. The Hall–Kier alpha value is -2.93. The fourth-order valence-electron chi connectivity index (χ4n) is 2.49. The summed E-state index contributed by atoms with van der Waals surface area (Å²) in [5.41, 5.74) is 1.04. The maximum absolute atomic E-state index is 12.5. The van der Waals surface area contributed by atoms with Crippen molar-refractivity contribution in [2.45, 2.75) is 40.2 Å². The van der Waals surface area contributed by atoms with Gasteiger partial charge in [0.05, 0.1) is 17.9 Å². The molecule has 0 unspecified atom stereocenters. The molecular weight excluding hydrogens is 398 g/mol. The van der Waals surface area contributed by atoms with Crippen LogP contribution in [0, 0.1) is 5.92 Å². The van der Waals surface area contributed by atoms with E-state index in [1.807, 2.05) is 20.8 Å². The van der Waals surface area contributed by atoms with Crippen molar-refractivity contribution < 1.29 is 14.3 Å². The van der Waals surface area contributed by atoms with E-state index in [4.69, 9.17) is 17.0 Å². The Labute approximate surface area is 183 Å². The molecule has 2 aromatic carbocycles. The smallest absolute Gasteiger partial charge is 0.257 e. The van der Waals surface area contributed by atoms with Crippen molar-refractivity contribution in [3.63, 3.8) is 0 Å². The molecule has 0 heterocycles. The second-order valence-corrected chi connectivity index (χ2v) is 8.80. The highest BCUT2D eigenvalue weighted by atomic mass is 32.1. The molecule has 0 fully saturated rings. The Morgan fingerprint density at radius 2 is 1.63 bits per heavy atom. The van der Waals surface area contributed by atoms with Crippen LogP contribution in [0.15, 0.2) is 48.5 Å². The lowest BCUT2D eigenvalue weighted by molar-refractivity contribution is 0.0919. The topological polar surface area (TPSA) is 79.5 Å². The third-order valence-electron chi connectivity index (χ3n) is 3.84. The number of hydrogen-bond acceptors (Lipinski definition) is 4. The van der Waals surface area contributed by atoms with Crippen molar-refractivity contribution in [2.24, 2.45) is 5.92 Å². The van der Waals surface area contributed by atoms with Crippen LogP contribution in [0.2, 0.25) is 0 Å². The van der Waals surface area contributed by atoms with Crippen molar-refractivity contribution in [2.75, 3.05) is 11.9 Å². The quantitative estimate of drug-likeness (QED) is 0.597. The molecule has 2 amide bonds. The van der Waals surface area contributed by atoms with Gasteiger partial charge in [-0.25, -0.2) is 0 Å². The van der Waals surface area contributed by atoms with E-state index in [2.05, 4.69) is 29.8 Å². The summed E-state index contributed by atoms with van der Waals surface area (Å²) in [6, 6.07) is 13.8. The standard InChI is InChI=1S/C23H29N3O3S/c1-15(2)14-29-17-12-10-16(11-13-17)20(27)25-22(30)24-19-9-7-6-8-18(19)21(28)26-23(3,4)5/h6-13,15H,14H2,1-5H3,(H,26,28)(H2,24,25,27,30). The van der Waals surface area contributed by atoms with Gasteiger partial charge in [0.2, 0.25) is 0 Å². The Morgan fingerprint density at radius 3 is 2.23 bits per heavy atom. The van der Waals surface area contributed by atoms with E-state index in [-0.39, 0.29) is 22.5 Å². The fourth-order valence-corrected chi connectivity index (χ4v) is 2.69. The summed E-state index contributed by atoms with van der Waals surface area (Å²) in [6.07, 6.45) is 0. The number of rotatable bonds is 6. The third kappa shape index (κ3) is 7.48. The number of nitrogens with one attached hydrogen (secondary N) is 3. The minimum Gasteiger partial charge on any atom is -0.493 e. The summed E-state index contributed by atoms with van der Waals surface area (Å²) >= 11 is 5.26. The van der Waals surface area contributed by atoms with Crippen molar-refractivity contribution in [3.8, 4) is 5.75 Å². The highest BCUT2D eigenvalue weighted by molar-refractivity contribution is 7.80. The van der Waals surface area contributed by atoms with Gasteiger partial charge in [0.15, 0.2) is 5.11 Å². The average molecular weight is 428 g/mol. The van der Waals surface area contributed by atoms with Crippen LogP contribution in [0.1, 0.15) is 55.3 Å². The van der Waals surface area contributed by atoms with Gasteiger partial charge in [0.25, 0.3) is 11.8 Å². The number of carbonyl (C=O) groups is 2. The summed E-state index contributed by atoms with van der Waals surface area (Å²) in [5.74, 6) is 0.556. The first-order valence-electron chi connectivity index (χ1n) is 9.82. The summed E-state index contributed by atoms with van der Waals surface area (Å²) in [5, 5.41) is 8.60. The predicted molar refractivity (Wildman–Crippen MR) is 124 cm³/mol. The summed E-state index contributed by atoms with van der Waals surface area (Å²) in [6.45, 7) is 10.5. The third-order valence-corrected chi connectivity index (χ3v) is 4.04. The molecule has 0 bridgehead atoms. The largest absolute Gasteiger partial charge is 0.493 e. The molecule has 0 saturated carbocycles. The van der Waals surface area contributed by atoms with Crippen LogP contribution in [0.4, 0.5) is 5.69 Å². The second-order valence-electron chi connectivity index (χ2n) is 8.39. The molecule has 7 heteroatoms. The lowest BCUT2D eigenvalue weighted by atomic mass is 10.1. The molecule has 0 spiro atoms. The summed E-state index contributed by atoms with van der Waals surface area (Å²) in [7, 11) is 0.